The molecule has 1 aliphatic rings. The highest BCUT2D eigenvalue weighted by Gasteiger charge is 2.25. The van der Waals surface area contributed by atoms with Crippen LogP contribution in [0.15, 0.2) is 30.3 Å². The topological polar surface area (TPSA) is 18.5 Å². The zero-order valence-corrected chi connectivity index (χ0v) is 9.35. The summed E-state index contributed by atoms with van der Waals surface area (Å²) in [4.78, 5) is 0. The van der Waals surface area contributed by atoms with E-state index in [1.54, 1.807) is 0 Å². The average molecular weight is 206 g/mol. The molecule has 2 unspecified atom stereocenters. The van der Waals surface area contributed by atoms with Gasteiger partial charge in [-0.05, 0) is 11.5 Å². The minimum atomic E-state index is 0.104. The summed E-state index contributed by atoms with van der Waals surface area (Å²) < 4.78 is 11.6. The molecule has 0 saturated carbocycles. The fourth-order valence-electron chi connectivity index (χ4n) is 1.77. The summed E-state index contributed by atoms with van der Waals surface area (Å²) in [5.74, 6) is 0.511. The zero-order chi connectivity index (χ0) is 10.7. The van der Waals surface area contributed by atoms with Crippen molar-refractivity contribution in [3.63, 3.8) is 0 Å². The second-order valence-corrected chi connectivity index (χ2v) is 4.36. The Morgan fingerprint density at radius 1 is 1.13 bits per heavy atom. The van der Waals surface area contributed by atoms with E-state index >= 15 is 0 Å². The first-order valence-electron chi connectivity index (χ1n) is 5.55. The molecule has 2 rings (SSSR count). The molecule has 82 valence electrons. The summed E-state index contributed by atoms with van der Waals surface area (Å²) in [6.07, 6.45) is 0.330. The van der Waals surface area contributed by atoms with Crippen LogP contribution in [0, 0.1) is 5.92 Å². The molecule has 0 aliphatic carbocycles. The first kappa shape index (κ1) is 10.7. The Labute approximate surface area is 91.2 Å². The van der Waals surface area contributed by atoms with Crippen LogP contribution in [-0.4, -0.2) is 19.3 Å². The Morgan fingerprint density at radius 2 is 1.87 bits per heavy atom. The monoisotopic (exact) mass is 206 g/mol. The number of benzene rings is 1. The van der Waals surface area contributed by atoms with Crippen molar-refractivity contribution >= 4 is 0 Å². The van der Waals surface area contributed by atoms with Gasteiger partial charge < -0.3 is 9.47 Å². The molecule has 0 radical (unpaired) electrons. The minimum Gasteiger partial charge on any atom is -0.376 e. The van der Waals surface area contributed by atoms with Gasteiger partial charge in [0.15, 0.2) is 0 Å². The Bertz CT molecular complexity index is 295. The molecule has 1 aromatic rings. The summed E-state index contributed by atoms with van der Waals surface area (Å²) in [6.45, 7) is 5.73. The maximum Gasteiger partial charge on any atom is 0.106 e. The van der Waals surface area contributed by atoms with E-state index in [0.717, 1.165) is 6.61 Å². The van der Waals surface area contributed by atoms with Gasteiger partial charge in [0.25, 0.3) is 0 Å². The molecule has 0 N–H and O–H groups in total. The van der Waals surface area contributed by atoms with Crippen LogP contribution < -0.4 is 0 Å². The van der Waals surface area contributed by atoms with Crippen LogP contribution in [0.5, 0.6) is 0 Å². The SMILES string of the molecule is CC(C)C1COCC(c2ccccc2)O1. The molecular formula is C13H18O2. The molecule has 1 fully saturated rings. The van der Waals surface area contributed by atoms with Crippen molar-refractivity contribution in [3.8, 4) is 0 Å². The van der Waals surface area contributed by atoms with E-state index in [9.17, 15) is 0 Å². The summed E-state index contributed by atoms with van der Waals surface area (Å²) >= 11 is 0. The van der Waals surface area contributed by atoms with Crippen LogP contribution in [0.3, 0.4) is 0 Å². The van der Waals surface area contributed by atoms with Crippen LogP contribution in [0.25, 0.3) is 0 Å². The average Bonchev–Trinajstić information content (AvgIpc) is 2.30. The lowest BCUT2D eigenvalue weighted by atomic mass is 10.0. The molecule has 1 saturated heterocycles. The maximum absolute atomic E-state index is 6.01. The van der Waals surface area contributed by atoms with E-state index in [1.165, 1.54) is 5.56 Å². The molecular weight excluding hydrogens is 188 g/mol. The van der Waals surface area contributed by atoms with E-state index in [-0.39, 0.29) is 12.2 Å². The fourth-order valence-corrected chi connectivity index (χ4v) is 1.77. The summed E-state index contributed by atoms with van der Waals surface area (Å²) in [5, 5.41) is 0. The molecule has 2 nitrogen and oxygen atoms in total. The third kappa shape index (κ3) is 2.58. The molecule has 0 spiro atoms. The van der Waals surface area contributed by atoms with E-state index < -0.39 is 0 Å². The number of hydrogen-bond donors (Lipinski definition) is 0. The molecule has 0 amide bonds. The third-order valence-corrected chi connectivity index (χ3v) is 2.81. The van der Waals surface area contributed by atoms with Crippen LogP contribution in [0.4, 0.5) is 0 Å². The third-order valence-electron chi connectivity index (χ3n) is 2.81. The summed E-state index contributed by atoms with van der Waals surface area (Å²) in [7, 11) is 0. The van der Waals surface area contributed by atoms with Crippen molar-refractivity contribution in [3.05, 3.63) is 35.9 Å². The van der Waals surface area contributed by atoms with Crippen molar-refractivity contribution in [2.75, 3.05) is 13.2 Å². The van der Waals surface area contributed by atoms with Gasteiger partial charge in [-0.2, -0.15) is 0 Å². The Morgan fingerprint density at radius 3 is 2.53 bits per heavy atom. The predicted octanol–water partition coefficient (Wildman–Crippen LogP) is 2.80. The van der Waals surface area contributed by atoms with Gasteiger partial charge in [0.1, 0.15) is 6.10 Å². The lowest BCUT2D eigenvalue weighted by Gasteiger charge is -2.32. The molecule has 0 aromatic heterocycles. The first-order chi connectivity index (χ1) is 7.27. The van der Waals surface area contributed by atoms with Gasteiger partial charge in [-0.1, -0.05) is 44.2 Å². The highest BCUT2D eigenvalue weighted by Crippen LogP contribution is 2.26. The number of ether oxygens (including phenoxy) is 2. The Balaban J connectivity index is 2.05. The number of rotatable bonds is 2. The molecule has 0 bridgehead atoms. The second-order valence-electron chi connectivity index (χ2n) is 4.36. The lowest BCUT2D eigenvalue weighted by molar-refractivity contribution is -0.154. The molecule has 1 heterocycles. The van der Waals surface area contributed by atoms with Gasteiger partial charge in [-0.3, -0.25) is 0 Å². The molecule has 1 aromatic carbocycles. The molecule has 2 atom stereocenters. The number of hydrogen-bond acceptors (Lipinski definition) is 2. The second kappa shape index (κ2) is 4.77. The predicted molar refractivity (Wildman–Crippen MR) is 59.7 cm³/mol. The Kier molecular flexibility index (Phi) is 3.39. The van der Waals surface area contributed by atoms with Gasteiger partial charge in [-0.15, -0.1) is 0 Å². The van der Waals surface area contributed by atoms with Crippen molar-refractivity contribution in [1.82, 2.24) is 0 Å². The first-order valence-corrected chi connectivity index (χ1v) is 5.55. The van der Waals surface area contributed by atoms with Crippen molar-refractivity contribution in [1.29, 1.82) is 0 Å². The van der Waals surface area contributed by atoms with Crippen LogP contribution in [-0.2, 0) is 9.47 Å². The van der Waals surface area contributed by atoms with Crippen LogP contribution >= 0.6 is 0 Å². The zero-order valence-electron chi connectivity index (χ0n) is 9.35. The van der Waals surface area contributed by atoms with E-state index in [1.807, 2.05) is 18.2 Å². The molecule has 15 heavy (non-hydrogen) atoms. The van der Waals surface area contributed by atoms with Gasteiger partial charge in [-0.25, -0.2) is 0 Å². The molecule has 2 heteroatoms. The van der Waals surface area contributed by atoms with Gasteiger partial charge in [0.05, 0.1) is 19.3 Å². The Hall–Kier alpha value is -0.860. The largest absolute Gasteiger partial charge is 0.376 e. The fraction of sp³-hybridized carbons (Fsp3) is 0.538. The summed E-state index contributed by atoms with van der Waals surface area (Å²) in [5.41, 5.74) is 1.21. The maximum atomic E-state index is 6.01. The van der Waals surface area contributed by atoms with Crippen molar-refractivity contribution in [2.45, 2.75) is 26.1 Å². The van der Waals surface area contributed by atoms with E-state index in [4.69, 9.17) is 9.47 Å². The standard InChI is InChI=1S/C13H18O2/c1-10(2)12-8-14-9-13(15-12)11-6-4-3-5-7-11/h3-7,10,12-13H,8-9H2,1-2H3. The lowest BCUT2D eigenvalue weighted by Crippen LogP contribution is -2.34. The molecule has 1 aliphatic heterocycles. The highest BCUT2D eigenvalue weighted by atomic mass is 16.6. The van der Waals surface area contributed by atoms with Gasteiger partial charge in [0.2, 0.25) is 0 Å². The van der Waals surface area contributed by atoms with Gasteiger partial charge in [0, 0.05) is 0 Å². The highest BCUT2D eigenvalue weighted by molar-refractivity contribution is 5.18. The van der Waals surface area contributed by atoms with Crippen molar-refractivity contribution < 1.29 is 9.47 Å². The van der Waals surface area contributed by atoms with E-state index in [0.29, 0.717) is 12.5 Å². The van der Waals surface area contributed by atoms with Gasteiger partial charge >= 0.3 is 0 Å². The quantitative estimate of drug-likeness (QED) is 0.740. The normalized spacial score (nSPS) is 26.9. The summed E-state index contributed by atoms with van der Waals surface area (Å²) in [6, 6.07) is 10.3. The van der Waals surface area contributed by atoms with Crippen molar-refractivity contribution in [2.24, 2.45) is 5.92 Å². The minimum absolute atomic E-state index is 0.104. The smallest absolute Gasteiger partial charge is 0.106 e. The van der Waals surface area contributed by atoms with E-state index in [2.05, 4.69) is 26.0 Å². The van der Waals surface area contributed by atoms with Crippen LogP contribution in [0.1, 0.15) is 25.5 Å². The van der Waals surface area contributed by atoms with Crippen LogP contribution in [0.2, 0.25) is 0 Å².